The number of carbonyl (C=O) groups excluding carboxylic acids is 1. The summed E-state index contributed by atoms with van der Waals surface area (Å²) in [5, 5.41) is 14.6. The van der Waals surface area contributed by atoms with Gasteiger partial charge in [-0.3, -0.25) is 5.43 Å². The minimum absolute atomic E-state index is 0.0572. The van der Waals surface area contributed by atoms with Crippen molar-refractivity contribution in [1.82, 2.24) is 20.1 Å². The maximum absolute atomic E-state index is 12.7. The number of nitrogens with one attached hydrogen (secondary N) is 4. The fourth-order valence-electron chi connectivity index (χ4n) is 4.56. The fraction of sp³-hybridized carbons (Fsp3) is 0.483. The van der Waals surface area contributed by atoms with Crippen LogP contribution in [0.1, 0.15) is 60.3 Å². The maximum Gasteiger partial charge on any atom is 0.426 e. The SMILES string of the molecule is C\C=C/C=c1/nc(NCC2CCC(CNS(=O)(=O)c3cc(O)cc(Cl)c3)CC2)nc(NNC(=O)OC(C)(C)C)/c1=C/C. The minimum atomic E-state index is -3.78. The number of phenols is 1. The van der Waals surface area contributed by atoms with Crippen LogP contribution in [0.3, 0.4) is 0 Å². The number of benzene rings is 1. The number of hydrogen-bond donors (Lipinski definition) is 5. The highest BCUT2D eigenvalue weighted by atomic mass is 35.5. The molecule has 0 bridgehead atoms. The van der Waals surface area contributed by atoms with Crippen LogP contribution in [-0.4, -0.2) is 48.3 Å². The Bertz CT molecular complexity index is 1480. The van der Waals surface area contributed by atoms with E-state index in [0.717, 1.165) is 30.9 Å². The minimum Gasteiger partial charge on any atom is -0.508 e. The number of rotatable bonds is 10. The summed E-state index contributed by atoms with van der Waals surface area (Å²) < 4.78 is 33.3. The van der Waals surface area contributed by atoms with Crippen molar-refractivity contribution in [2.75, 3.05) is 23.8 Å². The number of carbonyl (C=O) groups is 1. The number of nitrogens with zero attached hydrogens (tertiary/aromatic N) is 2. The van der Waals surface area contributed by atoms with E-state index < -0.39 is 21.7 Å². The molecule has 0 saturated heterocycles. The van der Waals surface area contributed by atoms with Gasteiger partial charge < -0.3 is 15.2 Å². The number of aromatic nitrogens is 2. The molecule has 1 fully saturated rings. The van der Waals surface area contributed by atoms with Gasteiger partial charge in [-0.15, -0.1) is 0 Å². The van der Waals surface area contributed by atoms with Gasteiger partial charge in [-0.2, -0.15) is 4.98 Å². The van der Waals surface area contributed by atoms with Gasteiger partial charge in [0, 0.05) is 23.3 Å². The first kappa shape index (κ1) is 33.2. The standard InChI is InChI=1S/C29H41ClN6O5S/c1-6-8-9-25-24(7-2)26(35-36-28(38)41-29(3,4)5)34-27(33-25)31-17-19-10-12-20(13-11-19)18-32-42(39,40)23-15-21(30)14-22(37)16-23/h6-9,14-16,19-20,32,37H,10-13,17-18H2,1-5H3,(H,36,38)(H2,31,33,34,35)/b8-6-,24-7+,25-9+. The fourth-order valence-corrected chi connectivity index (χ4v) is 6.04. The highest BCUT2D eigenvalue weighted by Crippen LogP contribution is 2.29. The molecule has 0 spiro atoms. The number of aromatic hydroxyl groups is 1. The third kappa shape index (κ3) is 10.2. The van der Waals surface area contributed by atoms with E-state index in [-0.39, 0.29) is 21.6 Å². The largest absolute Gasteiger partial charge is 0.508 e. The Balaban J connectivity index is 1.60. The molecule has 13 heteroatoms. The molecular weight excluding hydrogens is 580 g/mol. The number of hydrazine groups is 1. The van der Waals surface area contributed by atoms with Crippen molar-refractivity contribution in [1.29, 1.82) is 0 Å². The third-order valence-corrected chi connectivity index (χ3v) is 8.26. The summed E-state index contributed by atoms with van der Waals surface area (Å²) >= 11 is 5.90. The Hall–Kier alpha value is -3.35. The molecule has 1 aliphatic carbocycles. The number of phenolic OH excluding ortho intramolecular Hbond substituents is 1. The first-order valence-corrected chi connectivity index (χ1v) is 15.8. The topological polar surface area (TPSA) is 155 Å². The van der Waals surface area contributed by atoms with Gasteiger partial charge in [0.2, 0.25) is 16.0 Å². The summed E-state index contributed by atoms with van der Waals surface area (Å²) in [6, 6.07) is 3.78. The molecule has 1 saturated carbocycles. The Morgan fingerprint density at radius 3 is 2.36 bits per heavy atom. The molecule has 1 amide bonds. The average molecular weight is 621 g/mol. The van der Waals surface area contributed by atoms with Gasteiger partial charge in [0.15, 0.2) is 5.82 Å². The van der Waals surface area contributed by atoms with Crippen LogP contribution in [-0.2, 0) is 14.8 Å². The molecule has 42 heavy (non-hydrogen) atoms. The Labute approximate surface area is 252 Å². The first-order chi connectivity index (χ1) is 19.8. The number of anilines is 2. The van der Waals surface area contributed by atoms with Gasteiger partial charge >= 0.3 is 6.09 Å². The van der Waals surface area contributed by atoms with E-state index >= 15 is 0 Å². The molecule has 1 heterocycles. The van der Waals surface area contributed by atoms with Crippen LogP contribution >= 0.6 is 11.6 Å². The summed E-state index contributed by atoms with van der Waals surface area (Å²) in [5.41, 5.74) is 4.76. The molecule has 0 aliphatic heterocycles. The van der Waals surface area contributed by atoms with Crippen LogP contribution in [0, 0.1) is 11.8 Å². The molecule has 0 radical (unpaired) electrons. The zero-order chi connectivity index (χ0) is 30.9. The monoisotopic (exact) mass is 620 g/mol. The average Bonchev–Trinajstić information content (AvgIpc) is 2.91. The summed E-state index contributed by atoms with van der Waals surface area (Å²) in [5.74, 6) is 1.22. The summed E-state index contributed by atoms with van der Waals surface area (Å²) in [4.78, 5) is 21.4. The van der Waals surface area contributed by atoms with Crippen LogP contribution in [0.15, 0.2) is 35.2 Å². The second-order valence-electron chi connectivity index (χ2n) is 11.2. The van der Waals surface area contributed by atoms with Crippen molar-refractivity contribution in [2.45, 2.75) is 70.8 Å². The molecule has 1 aromatic carbocycles. The van der Waals surface area contributed by atoms with Gasteiger partial charge in [0.25, 0.3) is 0 Å². The third-order valence-electron chi connectivity index (χ3n) is 6.64. The Kier molecular flexibility index (Phi) is 11.6. The van der Waals surface area contributed by atoms with Crippen LogP contribution in [0.4, 0.5) is 16.6 Å². The van der Waals surface area contributed by atoms with E-state index in [4.69, 9.17) is 16.3 Å². The Morgan fingerprint density at radius 2 is 1.76 bits per heavy atom. The lowest BCUT2D eigenvalue weighted by molar-refractivity contribution is 0.0540. The van der Waals surface area contributed by atoms with Crippen molar-refractivity contribution < 1.29 is 23.1 Å². The maximum atomic E-state index is 12.7. The van der Waals surface area contributed by atoms with Crippen molar-refractivity contribution in [3.63, 3.8) is 0 Å². The summed E-state index contributed by atoms with van der Waals surface area (Å²) in [7, 11) is -3.78. The summed E-state index contributed by atoms with van der Waals surface area (Å²) in [6.07, 6.45) is 10.5. The zero-order valence-electron chi connectivity index (χ0n) is 24.7. The van der Waals surface area contributed by atoms with Crippen molar-refractivity contribution in [3.8, 4) is 5.75 Å². The van der Waals surface area contributed by atoms with Crippen LogP contribution in [0.25, 0.3) is 12.2 Å². The number of sulfonamides is 1. The van der Waals surface area contributed by atoms with E-state index in [0.29, 0.717) is 36.1 Å². The van der Waals surface area contributed by atoms with Gasteiger partial charge in [-0.05, 0) is 96.4 Å². The number of ether oxygens (including phenoxy) is 1. The lowest BCUT2D eigenvalue weighted by Gasteiger charge is -2.28. The van der Waals surface area contributed by atoms with Crippen molar-refractivity contribution in [2.24, 2.45) is 11.8 Å². The molecule has 0 unspecified atom stereocenters. The van der Waals surface area contributed by atoms with Crippen LogP contribution in [0.5, 0.6) is 5.75 Å². The highest BCUT2D eigenvalue weighted by molar-refractivity contribution is 7.89. The van der Waals surface area contributed by atoms with Gasteiger partial charge in [-0.1, -0.05) is 29.8 Å². The number of halogens is 1. The summed E-state index contributed by atoms with van der Waals surface area (Å²) in [6.45, 7) is 10.1. The van der Waals surface area contributed by atoms with E-state index in [9.17, 15) is 18.3 Å². The Morgan fingerprint density at radius 1 is 1.10 bits per heavy atom. The van der Waals surface area contributed by atoms with E-state index in [1.807, 2.05) is 38.2 Å². The number of allylic oxidation sites excluding steroid dienone is 2. The predicted octanol–water partition coefficient (Wildman–Crippen LogP) is 4.04. The van der Waals surface area contributed by atoms with E-state index in [2.05, 4.69) is 30.9 Å². The van der Waals surface area contributed by atoms with E-state index in [1.54, 1.807) is 20.8 Å². The van der Waals surface area contributed by atoms with Crippen LogP contribution < -0.4 is 31.5 Å². The van der Waals surface area contributed by atoms with Crippen LogP contribution in [0.2, 0.25) is 5.02 Å². The lowest BCUT2D eigenvalue weighted by Crippen LogP contribution is -2.41. The molecule has 3 rings (SSSR count). The van der Waals surface area contributed by atoms with Crippen molar-refractivity contribution >= 4 is 51.6 Å². The first-order valence-electron chi connectivity index (χ1n) is 13.9. The molecule has 5 N–H and O–H groups in total. The normalized spacial score (nSPS) is 18.7. The predicted molar refractivity (Wildman–Crippen MR) is 166 cm³/mol. The second kappa shape index (κ2) is 14.7. The molecule has 2 aromatic rings. The molecule has 1 aliphatic rings. The van der Waals surface area contributed by atoms with Gasteiger partial charge in [-0.25, -0.2) is 28.3 Å². The second-order valence-corrected chi connectivity index (χ2v) is 13.4. The van der Waals surface area contributed by atoms with Gasteiger partial charge in [0.05, 0.1) is 10.2 Å². The zero-order valence-corrected chi connectivity index (χ0v) is 26.3. The molecule has 1 aromatic heterocycles. The lowest BCUT2D eigenvalue weighted by atomic mass is 9.82. The number of hydrogen-bond acceptors (Lipinski definition) is 9. The van der Waals surface area contributed by atoms with Gasteiger partial charge in [0.1, 0.15) is 11.4 Å². The van der Waals surface area contributed by atoms with Crippen molar-refractivity contribution in [3.05, 3.63) is 45.9 Å². The quantitative estimate of drug-likeness (QED) is 0.248. The van der Waals surface area contributed by atoms with E-state index in [1.165, 1.54) is 18.2 Å². The number of amides is 1. The highest BCUT2D eigenvalue weighted by Gasteiger charge is 2.24. The smallest absolute Gasteiger partial charge is 0.426 e. The molecule has 11 nitrogen and oxygen atoms in total. The molecule has 0 atom stereocenters. The molecule has 230 valence electrons. The molecular formula is C29H41ClN6O5S.